The maximum Gasteiger partial charge on any atom is 0.200 e. The molecule has 4 nitrogen and oxygen atoms in total. The van der Waals surface area contributed by atoms with Crippen LogP contribution in [0.15, 0.2) is 6.33 Å². The Bertz CT molecular complexity index is 302. The minimum Gasteiger partial charge on any atom is -0.328 e. The van der Waals surface area contributed by atoms with Crippen LogP contribution in [0.2, 0.25) is 0 Å². The van der Waals surface area contributed by atoms with Gasteiger partial charge in [0.15, 0.2) is 9.54 Å². The lowest BCUT2D eigenvalue weighted by Crippen LogP contribution is -2.11. The maximum absolute atomic E-state index is 5.29. The monoisotopic (exact) mass is 218 g/mol. The van der Waals surface area contributed by atoms with Gasteiger partial charge in [0.2, 0.25) is 0 Å². The largest absolute Gasteiger partial charge is 0.328 e. The molecule has 0 aliphatic carbocycles. The summed E-state index contributed by atoms with van der Waals surface area (Å²) in [5.74, 6) is 0. The molecule has 0 aromatic carbocycles. The molecule has 1 atom stereocenters. The molecule has 0 amide bonds. The van der Waals surface area contributed by atoms with Crippen LogP contribution in [0.3, 0.4) is 0 Å². The molecule has 1 aromatic heterocycles. The number of H-pyrrole nitrogens is 2. The molecule has 0 bridgehead atoms. The number of hydrogen-bond donors (Lipinski definition) is 3. The molecule has 4 N–H and O–H groups in total. The fourth-order valence-corrected chi connectivity index (χ4v) is 0.684. The number of aromatic amines is 2. The lowest BCUT2D eigenvalue weighted by atomic mass is 10.3. The third-order valence-electron chi connectivity index (χ3n) is 1.24. The first kappa shape index (κ1) is 12.4. The van der Waals surface area contributed by atoms with Gasteiger partial charge in [0.25, 0.3) is 0 Å². The molecule has 1 unspecified atom stereocenters. The zero-order valence-electron chi connectivity index (χ0n) is 7.70. The van der Waals surface area contributed by atoms with E-state index in [1.54, 1.807) is 0 Å². The number of nitrogens with zero attached hydrogens (tertiary/aromatic N) is 1. The minimum atomic E-state index is 0.384. The number of nitrogens with one attached hydrogen (secondary N) is 2. The molecular weight excluding hydrogens is 204 g/mol. The fourth-order valence-electron chi connectivity index (χ4n) is 0.315. The van der Waals surface area contributed by atoms with Gasteiger partial charge in [-0.05, 0) is 37.8 Å². The molecule has 1 heterocycles. The van der Waals surface area contributed by atoms with Crippen molar-refractivity contribution < 1.29 is 0 Å². The van der Waals surface area contributed by atoms with Crippen molar-refractivity contribution in [3.63, 3.8) is 0 Å². The zero-order chi connectivity index (χ0) is 10.3. The molecule has 74 valence electrons. The lowest BCUT2D eigenvalue weighted by Gasteiger charge is -1.91. The summed E-state index contributed by atoms with van der Waals surface area (Å²) < 4.78 is 0.916. The van der Waals surface area contributed by atoms with Crippen LogP contribution in [0, 0.1) is 9.54 Å². The zero-order valence-corrected chi connectivity index (χ0v) is 9.34. The molecule has 6 heteroatoms. The summed E-state index contributed by atoms with van der Waals surface area (Å²) in [6.07, 6.45) is 2.54. The molecular formula is C7H14N4S2. The van der Waals surface area contributed by atoms with E-state index in [9.17, 15) is 0 Å². The standard InChI is InChI=1S/C4H11N.C3H3N3S2/c1-3-4(2)5;7-2-4-1-5-3(8)6-2/h4H,3,5H2,1-2H3;1H,(H2,4,5,6,7,8). The second kappa shape index (κ2) is 6.88. The van der Waals surface area contributed by atoms with Crippen LogP contribution in [-0.2, 0) is 0 Å². The molecule has 1 aromatic rings. The quantitative estimate of drug-likeness (QED) is 0.630. The van der Waals surface area contributed by atoms with Crippen molar-refractivity contribution >= 4 is 24.4 Å². The van der Waals surface area contributed by atoms with Crippen molar-refractivity contribution in [2.45, 2.75) is 26.3 Å². The molecule has 13 heavy (non-hydrogen) atoms. The maximum atomic E-state index is 5.29. The Morgan fingerprint density at radius 2 is 2.15 bits per heavy atom. The number of rotatable bonds is 1. The molecule has 0 radical (unpaired) electrons. The topological polar surface area (TPSA) is 70.5 Å². The van der Waals surface area contributed by atoms with Crippen molar-refractivity contribution in [2.24, 2.45) is 5.73 Å². The second-order valence-corrected chi connectivity index (χ2v) is 3.34. The highest BCUT2D eigenvalue weighted by Gasteiger charge is 1.79. The van der Waals surface area contributed by atoms with Gasteiger partial charge in [-0.1, -0.05) is 6.92 Å². The van der Waals surface area contributed by atoms with Gasteiger partial charge in [0.05, 0.1) is 6.33 Å². The average molecular weight is 218 g/mol. The predicted molar refractivity (Wildman–Crippen MR) is 58.5 cm³/mol. The highest BCUT2D eigenvalue weighted by Crippen LogP contribution is 1.77. The van der Waals surface area contributed by atoms with Crippen LogP contribution in [0.5, 0.6) is 0 Å². The Hall–Kier alpha value is -0.590. The molecule has 0 spiro atoms. The van der Waals surface area contributed by atoms with Crippen LogP contribution < -0.4 is 5.73 Å². The smallest absolute Gasteiger partial charge is 0.200 e. The summed E-state index contributed by atoms with van der Waals surface area (Å²) in [6.45, 7) is 4.07. The van der Waals surface area contributed by atoms with E-state index in [1.165, 1.54) is 6.33 Å². The number of nitrogens with two attached hydrogens (primary N) is 1. The second-order valence-electron chi connectivity index (χ2n) is 2.55. The van der Waals surface area contributed by atoms with E-state index < -0.39 is 0 Å². The minimum absolute atomic E-state index is 0.384. The van der Waals surface area contributed by atoms with Crippen LogP contribution in [0.1, 0.15) is 20.3 Å². The molecule has 0 aliphatic rings. The van der Waals surface area contributed by atoms with E-state index in [0.717, 1.165) is 6.42 Å². The third-order valence-corrected chi connectivity index (χ3v) is 1.67. The van der Waals surface area contributed by atoms with Crippen molar-refractivity contribution in [1.82, 2.24) is 15.0 Å². The summed E-state index contributed by atoms with van der Waals surface area (Å²) in [6, 6.07) is 0.384. The molecule has 0 aliphatic heterocycles. The number of hydrogen-bond acceptors (Lipinski definition) is 4. The van der Waals surface area contributed by atoms with E-state index in [1.807, 2.05) is 6.92 Å². The summed E-state index contributed by atoms with van der Waals surface area (Å²) in [5, 5.41) is 0. The highest BCUT2D eigenvalue weighted by molar-refractivity contribution is 7.71. The summed E-state index contributed by atoms with van der Waals surface area (Å²) in [4.78, 5) is 8.96. The first-order chi connectivity index (χ1) is 6.06. The Labute approximate surface area is 87.6 Å². The van der Waals surface area contributed by atoms with E-state index in [0.29, 0.717) is 15.6 Å². The van der Waals surface area contributed by atoms with E-state index in [4.69, 9.17) is 5.73 Å². The van der Waals surface area contributed by atoms with Crippen molar-refractivity contribution in [1.29, 1.82) is 0 Å². The van der Waals surface area contributed by atoms with E-state index >= 15 is 0 Å². The van der Waals surface area contributed by atoms with Gasteiger partial charge < -0.3 is 15.7 Å². The van der Waals surface area contributed by atoms with Gasteiger partial charge in [-0.15, -0.1) is 0 Å². The van der Waals surface area contributed by atoms with Crippen LogP contribution in [0.25, 0.3) is 0 Å². The Morgan fingerprint density at radius 3 is 2.38 bits per heavy atom. The normalized spacial score (nSPS) is 11.3. The first-order valence-electron chi connectivity index (χ1n) is 3.95. The first-order valence-corrected chi connectivity index (χ1v) is 4.77. The molecule has 0 fully saturated rings. The van der Waals surface area contributed by atoms with Gasteiger partial charge >= 0.3 is 0 Å². The summed E-state index contributed by atoms with van der Waals surface area (Å²) in [5.41, 5.74) is 5.29. The molecule has 0 saturated carbocycles. The summed E-state index contributed by atoms with van der Waals surface area (Å²) in [7, 11) is 0. The Balaban J connectivity index is 0.000000252. The van der Waals surface area contributed by atoms with Crippen molar-refractivity contribution in [3.8, 4) is 0 Å². The SMILES string of the molecule is CCC(C)N.S=c1nc[nH]c(=S)[nH]1. The van der Waals surface area contributed by atoms with Crippen molar-refractivity contribution in [2.75, 3.05) is 0 Å². The fraction of sp³-hybridized carbons (Fsp3) is 0.571. The molecule has 1 rings (SSSR count). The molecule has 0 saturated heterocycles. The summed E-state index contributed by atoms with van der Waals surface area (Å²) >= 11 is 9.33. The van der Waals surface area contributed by atoms with Gasteiger partial charge in [0.1, 0.15) is 0 Å². The van der Waals surface area contributed by atoms with Gasteiger partial charge in [-0.25, -0.2) is 4.98 Å². The van der Waals surface area contributed by atoms with Crippen LogP contribution in [-0.4, -0.2) is 21.0 Å². The third kappa shape index (κ3) is 7.76. The van der Waals surface area contributed by atoms with Gasteiger partial charge in [-0.3, -0.25) is 0 Å². The Morgan fingerprint density at radius 1 is 1.62 bits per heavy atom. The van der Waals surface area contributed by atoms with E-state index in [2.05, 4.69) is 46.3 Å². The van der Waals surface area contributed by atoms with Crippen LogP contribution >= 0.6 is 24.4 Å². The predicted octanol–water partition coefficient (Wildman–Crippen LogP) is 1.94. The van der Waals surface area contributed by atoms with Gasteiger partial charge in [-0.2, -0.15) is 0 Å². The lowest BCUT2D eigenvalue weighted by molar-refractivity contribution is 0.715. The Kier molecular flexibility index (Phi) is 6.56. The van der Waals surface area contributed by atoms with Crippen molar-refractivity contribution in [3.05, 3.63) is 15.9 Å². The van der Waals surface area contributed by atoms with Gasteiger partial charge in [0, 0.05) is 6.04 Å². The average Bonchev–Trinajstić information content (AvgIpc) is 2.05. The highest BCUT2D eigenvalue weighted by atomic mass is 32.1. The van der Waals surface area contributed by atoms with E-state index in [-0.39, 0.29) is 0 Å². The van der Waals surface area contributed by atoms with Crippen LogP contribution in [0.4, 0.5) is 0 Å². The number of aromatic nitrogens is 3.